The van der Waals surface area contributed by atoms with Gasteiger partial charge in [-0.15, -0.1) is 0 Å². The Bertz CT molecular complexity index is 449. The number of nitrogens with zero attached hydrogens (tertiary/aromatic N) is 3. The van der Waals surface area contributed by atoms with Crippen molar-refractivity contribution in [3.63, 3.8) is 0 Å². The van der Waals surface area contributed by atoms with E-state index in [4.69, 9.17) is 10.5 Å². The topological polar surface area (TPSA) is 109 Å². The van der Waals surface area contributed by atoms with E-state index in [1.807, 2.05) is 0 Å². The summed E-state index contributed by atoms with van der Waals surface area (Å²) in [5, 5.41) is 27.5. The lowest BCUT2D eigenvalue weighted by atomic mass is 10.1. The van der Waals surface area contributed by atoms with Crippen molar-refractivity contribution in [1.29, 1.82) is 5.39 Å². The number of carboxylic acid groups (broad SMARTS) is 1. The minimum atomic E-state index is -1.51. The maximum absolute atomic E-state index is 10.6. The second-order valence-electron chi connectivity index (χ2n) is 2.33. The number of hydrogen-bond acceptors (Lipinski definition) is 4. The van der Waals surface area contributed by atoms with Crippen LogP contribution < -0.4 is 0 Å². The Hall–Kier alpha value is -2.49. The van der Waals surface area contributed by atoms with Crippen molar-refractivity contribution >= 4 is 17.3 Å². The van der Waals surface area contributed by atoms with Crippen LogP contribution in [0.1, 0.15) is 10.4 Å². The van der Waals surface area contributed by atoms with Crippen LogP contribution in [-0.4, -0.2) is 16.0 Å². The first-order chi connectivity index (χ1) is 6.57. The molecule has 0 atom stereocenters. The fourth-order valence-electron chi connectivity index (χ4n) is 0.983. The summed E-state index contributed by atoms with van der Waals surface area (Å²) in [7, 11) is 0. The molecule has 0 saturated carbocycles. The molecule has 0 spiro atoms. The monoisotopic (exact) mass is 194 g/mol. The molecule has 1 aromatic rings. The van der Waals surface area contributed by atoms with Gasteiger partial charge in [0, 0.05) is 12.1 Å². The van der Waals surface area contributed by atoms with E-state index in [0.717, 1.165) is 12.1 Å². The van der Waals surface area contributed by atoms with Crippen LogP contribution in [0.25, 0.3) is 4.98 Å². The van der Waals surface area contributed by atoms with Crippen molar-refractivity contribution in [2.75, 3.05) is 0 Å². The molecular weight excluding hydrogens is 190 g/mol. The molecule has 7 heteroatoms. The molecule has 0 heterocycles. The summed E-state index contributed by atoms with van der Waals surface area (Å²) < 4.78 is 0. The van der Waals surface area contributed by atoms with Gasteiger partial charge in [-0.25, -0.2) is 4.79 Å². The van der Waals surface area contributed by atoms with Crippen molar-refractivity contribution in [1.82, 2.24) is 0 Å². The highest BCUT2D eigenvalue weighted by Gasteiger charge is 2.30. The van der Waals surface area contributed by atoms with Gasteiger partial charge in [0.1, 0.15) is 0 Å². The first kappa shape index (κ1) is 9.60. The van der Waals surface area contributed by atoms with Crippen LogP contribution in [0.5, 0.6) is 0 Å². The number of carbonyl (C=O) groups is 1. The maximum atomic E-state index is 10.6. The van der Waals surface area contributed by atoms with Crippen molar-refractivity contribution < 1.29 is 14.8 Å². The van der Waals surface area contributed by atoms with Crippen LogP contribution >= 0.6 is 0 Å². The molecule has 7 nitrogen and oxygen atoms in total. The normalized spacial score (nSPS) is 9.07. The van der Waals surface area contributed by atoms with E-state index >= 15 is 0 Å². The Morgan fingerprint density at radius 2 is 2.21 bits per heavy atom. The van der Waals surface area contributed by atoms with Gasteiger partial charge in [-0.3, -0.25) is 10.1 Å². The molecule has 1 rings (SSSR count). The summed E-state index contributed by atoms with van der Waals surface area (Å²) in [6, 6.07) is 3.42. The minimum absolute atomic E-state index is 0.341. The zero-order valence-electron chi connectivity index (χ0n) is 6.75. The van der Waals surface area contributed by atoms with E-state index in [0.29, 0.717) is 0 Å². The molecule has 0 unspecified atom stereocenters. The van der Waals surface area contributed by atoms with Crippen LogP contribution in [0.3, 0.4) is 0 Å². The number of aromatic carboxylic acids is 1. The third kappa shape index (κ3) is 1.49. The fraction of sp³-hybridized carbons (Fsp3) is 0. The molecule has 0 radical (unpaired) electrons. The number of carboxylic acids is 1. The van der Waals surface area contributed by atoms with Gasteiger partial charge in [-0.1, -0.05) is 0 Å². The summed E-state index contributed by atoms with van der Waals surface area (Å²) >= 11 is 0. The van der Waals surface area contributed by atoms with Gasteiger partial charge in [0.05, 0.1) is 4.92 Å². The molecule has 0 aromatic heterocycles. The average Bonchev–Trinajstić information content (AvgIpc) is 2.16. The Balaban J connectivity index is 3.53. The zero-order valence-corrected chi connectivity index (χ0v) is 6.75. The number of diazo groups is 1. The van der Waals surface area contributed by atoms with Gasteiger partial charge in [0.15, 0.2) is 4.98 Å². The Morgan fingerprint density at radius 3 is 2.64 bits per heavy atom. The summed E-state index contributed by atoms with van der Waals surface area (Å²) in [6.45, 7) is 0. The van der Waals surface area contributed by atoms with E-state index in [1.54, 1.807) is 0 Å². The van der Waals surface area contributed by atoms with Gasteiger partial charge < -0.3 is 5.11 Å². The van der Waals surface area contributed by atoms with Crippen LogP contribution in [0.2, 0.25) is 0 Å². The van der Waals surface area contributed by atoms with Gasteiger partial charge in [-0.2, -0.15) is 0 Å². The molecule has 0 saturated heterocycles. The lowest BCUT2D eigenvalue weighted by molar-refractivity contribution is -0.385. The van der Waals surface area contributed by atoms with Gasteiger partial charge in [0.2, 0.25) is 11.0 Å². The minimum Gasteiger partial charge on any atom is -0.477 e. The third-order valence-electron chi connectivity index (χ3n) is 1.54. The fourth-order valence-corrected chi connectivity index (χ4v) is 0.983. The molecule has 0 bridgehead atoms. The molecule has 0 aliphatic rings. The standard InChI is InChI=1S/C7H3N3O4/c8-9-4-2-1-3-5(10(13)14)6(4)7(11)12/h1-3H/p+1. The van der Waals surface area contributed by atoms with Crippen molar-refractivity contribution in [3.8, 4) is 0 Å². The highest BCUT2D eigenvalue weighted by Crippen LogP contribution is 2.28. The van der Waals surface area contributed by atoms with Crippen molar-refractivity contribution in [2.24, 2.45) is 0 Å². The second-order valence-corrected chi connectivity index (χ2v) is 2.33. The lowest BCUT2D eigenvalue weighted by Crippen LogP contribution is -2.02. The number of nitro groups is 1. The predicted octanol–water partition coefficient (Wildman–Crippen LogP) is 1.78. The van der Waals surface area contributed by atoms with E-state index in [2.05, 4.69) is 4.98 Å². The number of hydrogen-bond donors (Lipinski definition) is 1. The quantitative estimate of drug-likeness (QED) is 0.438. The molecule has 0 aliphatic heterocycles. The first-order valence-corrected chi connectivity index (χ1v) is 3.43. The average molecular weight is 194 g/mol. The third-order valence-corrected chi connectivity index (χ3v) is 1.54. The van der Waals surface area contributed by atoms with Crippen LogP contribution in [0, 0.1) is 15.5 Å². The molecule has 0 fully saturated rings. The smallest absolute Gasteiger partial charge is 0.406 e. The second kappa shape index (κ2) is 3.49. The van der Waals surface area contributed by atoms with E-state index in [9.17, 15) is 14.9 Å². The van der Waals surface area contributed by atoms with E-state index in [-0.39, 0.29) is 5.69 Å². The summed E-state index contributed by atoms with van der Waals surface area (Å²) in [5.41, 5.74) is -1.57. The predicted molar refractivity (Wildman–Crippen MR) is 44.8 cm³/mol. The van der Waals surface area contributed by atoms with Gasteiger partial charge in [-0.05, 0) is 6.07 Å². The van der Waals surface area contributed by atoms with Gasteiger partial charge in [0.25, 0.3) is 5.69 Å². The van der Waals surface area contributed by atoms with Crippen molar-refractivity contribution in [2.45, 2.75) is 0 Å². The summed E-state index contributed by atoms with van der Waals surface area (Å²) in [4.78, 5) is 22.8. The number of rotatable bonds is 2. The highest BCUT2D eigenvalue weighted by molar-refractivity contribution is 5.98. The molecule has 70 valence electrons. The molecule has 0 aliphatic carbocycles. The number of benzene rings is 1. The van der Waals surface area contributed by atoms with Gasteiger partial charge >= 0.3 is 11.7 Å². The summed E-state index contributed by atoms with van der Waals surface area (Å²) in [6.07, 6.45) is 0. The number of nitro benzene ring substituents is 1. The van der Waals surface area contributed by atoms with Crippen molar-refractivity contribution in [3.05, 3.63) is 38.9 Å². The molecule has 14 heavy (non-hydrogen) atoms. The van der Waals surface area contributed by atoms with Crippen LogP contribution in [0.4, 0.5) is 11.4 Å². The molecule has 1 N–H and O–H groups in total. The summed E-state index contributed by atoms with van der Waals surface area (Å²) in [5.74, 6) is -1.51. The highest BCUT2D eigenvalue weighted by atomic mass is 16.6. The van der Waals surface area contributed by atoms with E-state index in [1.165, 1.54) is 6.07 Å². The van der Waals surface area contributed by atoms with Crippen LogP contribution in [0.15, 0.2) is 18.2 Å². The Kier molecular flexibility index (Phi) is 2.39. The SMILES string of the molecule is N#[N+]c1cccc([N+](=O)[O-])c1C(=O)O. The molecule has 1 aromatic carbocycles. The molecule has 0 amide bonds. The Labute approximate surface area is 77.4 Å². The molecular formula is C7H4N3O4+. The first-order valence-electron chi connectivity index (χ1n) is 3.43. The zero-order chi connectivity index (χ0) is 10.7. The maximum Gasteiger partial charge on any atom is 0.406 e. The Morgan fingerprint density at radius 1 is 1.57 bits per heavy atom. The largest absolute Gasteiger partial charge is 0.477 e. The lowest BCUT2D eigenvalue weighted by Gasteiger charge is -1.92. The van der Waals surface area contributed by atoms with Crippen LogP contribution in [-0.2, 0) is 0 Å². The van der Waals surface area contributed by atoms with E-state index < -0.39 is 22.1 Å².